The molecule has 0 saturated carbocycles. The van der Waals surface area contributed by atoms with E-state index in [1.165, 1.54) is 9.91 Å². The molecular weight excluding hydrogens is 450 g/mol. The van der Waals surface area contributed by atoms with Crippen molar-refractivity contribution in [3.05, 3.63) is 54.1 Å². The third-order valence-corrected chi connectivity index (χ3v) is 5.95. The molecule has 2 saturated heterocycles. The van der Waals surface area contributed by atoms with E-state index in [1.807, 2.05) is 24.3 Å². The lowest BCUT2D eigenvalue weighted by Crippen LogP contribution is -2.50. The van der Waals surface area contributed by atoms with Crippen LogP contribution in [-0.4, -0.2) is 67.9 Å². The highest BCUT2D eigenvalue weighted by atomic mass is 16.5. The number of anilines is 3. The first-order valence-electron chi connectivity index (χ1n) is 11.7. The van der Waals surface area contributed by atoms with Crippen LogP contribution < -0.4 is 20.7 Å². The zero-order valence-electron chi connectivity index (χ0n) is 19.7. The van der Waals surface area contributed by atoms with Gasteiger partial charge in [0.25, 0.3) is 5.91 Å². The molecule has 0 aromatic heterocycles. The molecule has 4 amide bonds. The summed E-state index contributed by atoms with van der Waals surface area (Å²) in [6, 6.07) is 14.0. The molecule has 0 aliphatic carbocycles. The number of hydrogen-bond donors (Lipinski definition) is 2. The van der Waals surface area contributed by atoms with Gasteiger partial charge in [-0.3, -0.25) is 24.6 Å². The van der Waals surface area contributed by atoms with Gasteiger partial charge in [-0.1, -0.05) is 0 Å². The Balaban J connectivity index is 1.34. The number of carbonyl (C=O) groups is 4. The Bertz CT molecular complexity index is 1080. The summed E-state index contributed by atoms with van der Waals surface area (Å²) in [6.45, 7) is 5.14. The quantitative estimate of drug-likeness (QED) is 0.626. The van der Waals surface area contributed by atoms with Crippen LogP contribution in [0.2, 0.25) is 0 Å². The number of benzene rings is 2. The number of hydrogen-bond acceptors (Lipinski definition) is 6. The van der Waals surface area contributed by atoms with Crippen molar-refractivity contribution in [1.29, 1.82) is 0 Å². The van der Waals surface area contributed by atoms with Crippen molar-refractivity contribution in [3.63, 3.8) is 0 Å². The van der Waals surface area contributed by atoms with Crippen LogP contribution in [-0.2, 0) is 19.1 Å². The number of rotatable bonds is 7. The number of carbonyl (C=O) groups excluding carboxylic acids is 4. The van der Waals surface area contributed by atoms with Crippen LogP contribution >= 0.6 is 0 Å². The van der Waals surface area contributed by atoms with Gasteiger partial charge in [-0.15, -0.1) is 0 Å². The SMILES string of the molecule is CCN(CC(=O)Nc1ccc(N2CCOCC2)cc1)C(=O)c1ccc(N2NC(=O)CCC2=O)cc1. The fourth-order valence-corrected chi connectivity index (χ4v) is 4.00. The van der Waals surface area contributed by atoms with Crippen LogP contribution in [0.25, 0.3) is 0 Å². The zero-order valence-corrected chi connectivity index (χ0v) is 19.7. The smallest absolute Gasteiger partial charge is 0.254 e. The average molecular weight is 480 g/mol. The summed E-state index contributed by atoms with van der Waals surface area (Å²) in [5.41, 5.74) is 5.12. The largest absolute Gasteiger partial charge is 0.378 e. The summed E-state index contributed by atoms with van der Waals surface area (Å²) in [7, 11) is 0. The van der Waals surface area contributed by atoms with Crippen LogP contribution in [0.3, 0.4) is 0 Å². The van der Waals surface area contributed by atoms with Gasteiger partial charge < -0.3 is 19.9 Å². The minimum Gasteiger partial charge on any atom is -0.378 e. The molecule has 0 spiro atoms. The molecular formula is C25H29N5O5. The molecule has 2 heterocycles. The normalized spacial score (nSPS) is 16.0. The summed E-state index contributed by atoms with van der Waals surface area (Å²) in [4.78, 5) is 52.9. The minimum atomic E-state index is -0.300. The molecule has 2 N–H and O–H groups in total. The van der Waals surface area contributed by atoms with Gasteiger partial charge in [0.1, 0.15) is 6.54 Å². The molecule has 10 heteroatoms. The van der Waals surface area contributed by atoms with E-state index in [0.29, 0.717) is 36.7 Å². The number of hydrazine groups is 1. The Labute approximate surface area is 203 Å². The highest BCUT2D eigenvalue weighted by Gasteiger charge is 2.25. The molecule has 2 aliphatic heterocycles. The van der Waals surface area contributed by atoms with Crippen LogP contribution in [0.5, 0.6) is 0 Å². The second-order valence-corrected chi connectivity index (χ2v) is 8.32. The molecule has 184 valence electrons. The molecule has 2 aliphatic rings. The van der Waals surface area contributed by atoms with Gasteiger partial charge in [-0.05, 0) is 55.5 Å². The number of nitrogens with one attached hydrogen (secondary N) is 2. The predicted octanol–water partition coefficient (Wildman–Crippen LogP) is 1.78. The van der Waals surface area contributed by atoms with E-state index in [1.54, 1.807) is 31.2 Å². The molecule has 0 unspecified atom stereocenters. The van der Waals surface area contributed by atoms with Gasteiger partial charge in [0.2, 0.25) is 17.7 Å². The van der Waals surface area contributed by atoms with E-state index in [4.69, 9.17) is 4.74 Å². The van der Waals surface area contributed by atoms with E-state index >= 15 is 0 Å². The van der Waals surface area contributed by atoms with E-state index in [0.717, 1.165) is 18.8 Å². The highest BCUT2D eigenvalue weighted by Crippen LogP contribution is 2.20. The van der Waals surface area contributed by atoms with Gasteiger partial charge in [0.15, 0.2) is 0 Å². The fourth-order valence-electron chi connectivity index (χ4n) is 4.00. The molecule has 2 aromatic carbocycles. The zero-order chi connectivity index (χ0) is 24.8. The number of amides is 4. The van der Waals surface area contributed by atoms with Gasteiger partial charge in [-0.2, -0.15) is 0 Å². The second-order valence-electron chi connectivity index (χ2n) is 8.32. The lowest BCUT2D eigenvalue weighted by Gasteiger charge is -2.29. The summed E-state index contributed by atoms with van der Waals surface area (Å²) < 4.78 is 5.38. The Morgan fingerprint density at radius 3 is 2.29 bits per heavy atom. The predicted molar refractivity (Wildman–Crippen MR) is 131 cm³/mol. The van der Waals surface area contributed by atoms with Crippen LogP contribution in [0.15, 0.2) is 48.5 Å². The fraction of sp³-hybridized carbons (Fsp3) is 0.360. The molecule has 0 atom stereocenters. The van der Waals surface area contributed by atoms with Crippen molar-refractivity contribution in [2.75, 3.05) is 54.6 Å². The molecule has 10 nitrogen and oxygen atoms in total. The summed E-state index contributed by atoms with van der Waals surface area (Å²) in [6.07, 6.45) is 0.304. The Hall–Kier alpha value is -3.92. The Morgan fingerprint density at radius 2 is 1.63 bits per heavy atom. The van der Waals surface area contributed by atoms with Gasteiger partial charge in [0.05, 0.1) is 18.9 Å². The maximum absolute atomic E-state index is 13.0. The lowest BCUT2D eigenvalue weighted by molar-refractivity contribution is -0.130. The first-order valence-corrected chi connectivity index (χ1v) is 11.7. The number of likely N-dealkylation sites (N-methyl/N-ethyl adjacent to an activating group) is 1. The third-order valence-electron chi connectivity index (χ3n) is 5.95. The van der Waals surface area contributed by atoms with Crippen molar-refractivity contribution in [1.82, 2.24) is 10.3 Å². The number of morpholine rings is 1. The van der Waals surface area contributed by atoms with Crippen molar-refractivity contribution < 1.29 is 23.9 Å². The summed E-state index contributed by atoms with van der Waals surface area (Å²) >= 11 is 0. The summed E-state index contributed by atoms with van der Waals surface area (Å²) in [5.74, 6) is -1.04. The molecule has 2 aromatic rings. The third kappa shape index (κ3) is 5.96. The lowest BCUT2D eigenvalue weighted by atomic mass is 10.1. The first-order chi connectivity index (χ1) is 16.9. The van der Waals surface area contributed by atoms with Crippen LogP contribution in [0.1, 0.15) is 30.1 Å². The highest BCUT2D eigenvalue weighted by molar-refractivity contribution is 6.02. The van der Waals surface area contributed by atoms with Gasteiger partial charge in [0, 0.05) is 49.4 Å². The van der Waals surface area contributed by atoms with E-state index < -0.39 is 0 Å². The van der Waals surface area contributed by atoms with Crippen LogP contribution in [0, 0.1) is 0 Å². The van der Waals surface area contributed by atoms with E-state index in [2.05, 4.69) is 15.6 Å². The molecule has 35 heavy (non-hydrogen) atoms. The molecule has 0 radical (unpaired) electrons. The molecule has 4 rings (SSSR count). The van der Waals surface area contributed by atoms with Gasteiger partial charge in [-0.25, -0.2) is 5.01 Å². The van der Waals surface area contributed by atoms with E-state index in [-0.39, 0.29) is 43.0 Å². The van der Waals surface area contributed by atoms with Crippen molar-refractivity contribution in [2.24, 2.45) is 0 Å². The second kappa shape index (κ2) is 11.0. The topological polar surface area (TPSA) is 111 Å². The van der Waals surface area contributed by atoms with Crippen molar-refractivity contribution in [2.45, 2.75) is 19.8 Å². The van der Waals surface area contributed by atoms with Gasteiger partial charge >= 0.3 is 0 Å². The maximum atomic E-state index is 13.0. The number of ether oxygens (including phenoxy) is 1. The monoisotopic (exact) mass is 479 g/mol. The molecule has 2 fully saturated rings. The first kappa shape index (κ1) is 24.2. The van der Waals surface area contributed by atoms with Crippen LogP contribution in [0.4, 0.5) is 17.1 Å². The number of nitrogens with zero attached hydrogens (tertiary/aromatic N) is 3. The van der Waals surface area contributed by atoms with Crippen molar-refractivity contribution >= 4 is 40.7 Å². The minimum absolute atomic E-state index is 0.0943. The standard InChI is InChI=1S/C25H29N5O5/c1-2-28(17-23(32)26-19-5-9-20(10-6-19)29-13-15-35-16-14-29)25(34)18-3-7-21(8-4-18)30-24(33)12-11-22(31)27-30/h3-10H,2,11-17H2,1H3,(H,26,32)(H,27,31). The summed E-state index contributed by atoms with van der Waals surface area (Å²) in [5, 5.41) is 4.03. The Kier molecular flexibility index (Phi) is 7.61. The molecule has 0 bridgehead atoms. The Morgan fingerprint density at radius 1 is 0.971 bits per heavy atom. The van der Waals surface area contributed by atoms with Crippen molar-refractivity contribution in [3.8, 4) is 0 Å². The van der Waals surface area contributed by atoms with E-state index in [9.17, 15) is 19.2 Å². The maximum Gasteiger partial charge on any atom is 0.254 e. The average Bonchev–Trinajstić information content (AvgIpc) is 2.89.